The number of piperazine rings is 1. The van der Waals surface area contributed by atoms with Crippen molar-refractivity contribution in [3.8, 4) is 0 Å². The van der Waals surface area contributed by atoms with Crippen LogP contribution in [0.3, 0.4) is 0 Å². The molecule has 0 radical (unpaired) electrons. The Morgan fingerprint density at radius 2 is 1.96 bits per heavy atom. The van der Waals surface area contributed by atoms with Gasteiger partial charge in [0, 0.05) is 70.0 Å². The molecule has 27 heavy (non-hydrogen) atoms. The van der Waals surface area contributed by atoms with Crippen molar-refractivity contribution < 1.29 is 0 Å². The van der Waals surface area contributed by atoms with Gasteiger partial charge < -0.3 is 20.4 Å². The van der Waals surface area contributed by atoms with E-state index in [2.05, 4.69) is 61.5 Å². The first-order chi connectivity index (χ1) is 13.1. The van der Waals surface area contributed by atoms with Crippen molar-refractivity contribution in [2.45, 2.75) is 19.9 Å². The maximum absolute atomic E-state index is 4.64. The van der Waals surface area contributed by atoms with Crippen LogP contribution in [-0.4, -0.2) is 67.6 Å². The minimum atomic E-state index is 0.700. The monoisotopic (exact) mass is 387 g/mol. The number of anilines is 1. The van der Waals surface area contributed by atoms with Gasteiger partial charge in [-0.15, -0.1) is 11.3 Å². The van der Waals surface area contributed by atoms with Gasteiger partial charge >= 0.3 is 0 Å². The third-order valence-corrected chi connectivity index (χ3v) is 5.59. The summed E-state index contributed by atoms with van der Waals surface area (Å²) in [5.41, 5.74) is 1.14. The highest BCUT2D eigenvalue weighted by molar-refractivity contribution is 7.11. The number of aliphatic imine (C=N–C) groups is 1. The van der Waals surface area contributed by atoms with Crippen LogP contribution in [0.5, 0.6) is 0 Å². The summed E-state index contributed by atoms with van der Waals surface area (Å²) in [5, 5.41) is 7.83. The largest absolute Gasteiger partial charge is 0.356 e. The van der Waals surface area contributed by atoms with E-state index in [1.165, 1.54) is 4.88 Å². The number of nitrogens with zero attached hydrogens (tertiary/aromatic N) is 5. The lowest BCUT2D eigenvalue weighted by molar-refractivity contribution is 0.312. The lowest BCUT2D eigenvalue weighted by atomic mass is 10.2. The second kappa shape index (κ2) is 9.66. The second-order valence-electron chi connectivity index (χ2n) is 6.78. The molecule has 146 valence electrons. The Morgan fingerprint density at radius 1 is 1.15 bits per heavy atom. The summed E-state index contributed by atoms with van der Waals surface area (Å²) < 4.78 is 0. The van der Waals surface area contributed by atoms with Gasteiger partial charge in [0.15, 0.2) is 5.96 Å². The normalized spacial score (nSPS) is 15.8. The first-order valence-electron chi connectivity index (χ1n) is 9.38. The Bertz CT molecular complexity index is 733. The zero-order valence-corrected chi connectivity index (χ0v) is 17.2. The summed E-state index contributed by atoms with van der Waals surface area (Å²) in [6, 6.07) is 4.25. The Morgan fingerprint density at radius 3 is 2.59 bits per heavy atom. The molecule has 2 aromatic rings. The summed E-state index contributed by atoms with van der Waals surface area (Å²) >= 11 is 1.74. The Kier molecular flexibility index (Phi) is 7.00. The van der Waals surface area contributed by atoms with Crippen molar-refractivity contribution in [2.24, 2.45) is 4.99 Å². The Balaban J connectivity index is 1.42. The molecular formula is C19H29N7S. The van der Waals surface area contributed by atoms with Gasteiger partial charge in [-0.1, -0.05) is 6.07 Å². The molecule has 2 aromatic heterocycles. The van der Waals surface area contributed by atoms with E-state index in [0.717, 1.165) is 61.5 Å². The van der Waals surface area contributed by atoms with Crippen molar-refractivity contribution >= 4 is 23.1 Å². The zero-order valence-electron chi connectivity index (χ0n) is 16.4. The third-order valence-electron chi connectivity index (χ3n) is 4.62. The highest BCUT2D eigenvalue weighted by atomic mass is 32.1. The van der Waals surface area contributed by atoms with Crippen LogP contribution < -0.4 is 15.5 Å². The highest BCUT2D eigenvalue weighted by Gasteiger charge is 2.14. The first kappa shape index (κ1) is 19.6. The Hall–Kier alpha value is -2.19. The molecule has 0 atom stereocenters. The number of pyridine rings is 1. The van der Waals surface area contributed by atoms with E-state index in [1.54, 1.807) is 18.4 Å². The highest BCUT2D eigenvalue weighted by Crippen LogP contribution is 2.13. The molecule has 7 nitrogen and oxygen atoms in total. The molecule has 0 amide bonds. The summed E-state index contributed by atoms with van der Waals surface area (Å²) in [4.78, 5) is 19.2. The summed E-state index contributed by atoms with van der Waals surface area (Å²) in [6.45, 7) is 7.85. The molecule has 0 bridgehead atoms. The maximum atomic E-state index is 4.64. The number of hydrogen-bond acceptors (Lipinski definition) is 6. The molecule has 0 saturated carbocycles. The van der Waals surface area contributed by atoms with Gasteiger partial charge in [-0.25, -0.2) is 9.97 Å². The van der Waals surface area contributed by atoms with Crippen LogP contribution in [0.1, 0.15) is 15.4 Å². The van der Waals surface area contributed by atoms with Gasteiger partial charge in [-0.2, -0.15) is 0 Å². The lowest BCUT2D eigenvalue weighted by Crippen LogP contribution is -2.44. The van der Waals surface area contributed by atoms with E-state index in [9.17, 15) is 0 Å². The number of aromatic nitrogens is 2. The Labute approximate surface area is 165 Å². The van der Waals surface area contributed by atoms with E-state index in [1.807, 2.05) is 12.4 Å². The average Bonchev–Trinajstić information content (AvgIpc) is 3.11. The van der Waals surface area contributed by atoms with Crippen LogP contribution in [0, 0.1) is 6.92 Å². The second-order valence-corrected chi connectivity index (χ2v) is 8.10. The van der Waals surface area contributed by atoms with Crippen molar-refractivity contribution in [1.29, 1.82) is 0 Å². The quantitative estimate of drug-likeness (QED) is 0.578. The number of guanidine groups is 1. The van der Waals surface area contributed by atoms with Crippen molar-refractivity contribution in [3.05, 3.63) is 40.0 Å². The molecule has 2 N–H and O–H groups in total. The van der Waals surface area contributed by atoms with Crippen molar-refractivity contribution in [2.75, 3.05) is 51.7 Å². The SMILES string of the molecule is CN=C(NCCc1ncc(C)s1)NCc1ccc(N2CCN(C)CC2)nc1. The fourth-order valence-electron chi connectivity index (χ4n) is 2.96. The topological polar surface area (TPSA) is 68.7 Å². The molecule has 0 aromatic carbocycles. The van der Waals surface area contributed by atoms with Crippen LogP contribution in [0.25, 0.3) is 0 Å². The van der Waals surface area contributed by atoms with E-state index < -0.39 is 0 Å². The summed E-state index contributed by atoms with van der Waals surface area (Å²) in [6.07, 6.45) is 4.78. The number of aryl methyl sites for hydroxylation is 1. The maximum Gasteiger partial charge on any atom is 0.191 e. The van der Waals surface area contributed by atoms with Crippen LogP contribution in [0.4, 0.5) is 5.82 Å². The summed E-state index contributed by atoms with van der Waals surface area (Å²) in [7, 11) is 3.95. The van der Waals surface area contributed by atoms with Gasteiger partial charge in [0.2, 0.25) is 0 Å². The van der Waals surface area contributed by atoms with Crippen molar-refractivity contribution in [3.63, 3.8) is 0 Å². The number of thiazole rings is 1. The van der Waals surface area contributed by atoms with Crippen molar-refractivity contribution in [1.82, 2.24) is 25.5 Å². The molecule has 0 aliphatic carbocycles. The molecule has 0 spiro atoms. The number of likely N-dealkylation sites (N-methyl/N-ethyl adjacent to an activating group) is 1. The number of hydrogen-bond donors (Lipinski definition) is 2. The van der Waals surface area contributed by atoms with Gasteiger partial charge in [-0.05, 0) is 25.6 Å². The molecular weight excluding hydrogens is 358 g/mol. The van der Waals surface area contributed by atoms with Crippen LogP contribution in [0.15, 0.2) is 29.5 Å². The predicted octanol–water partition coefficient (Wildman–Crippen LogP) is 1.51. The van der Waals surface area contributed by atoms with E-state index in [-0.39, 0.29) is 0 Å². The minimum absolute atomic E-state index is 0.700. The first-order valence-corrected chi connectivity index (χ1v) is 10.2. The van der Waals surface area contributed by atoms with E-state index in [0.29, 0.717) is 6.54 Å². The summed E-state index contributed by atoms with van der Waals surface area (Å²) in [5.74, 6) is 1.86. The smallest absolute Gasteiger partial charge is 0.191 e. The fraction of sp³-hybridized carbons (Fsp3) is 0.526. The predicted molar refractivity (Wildman–Crippen MR) is 113 cm³/mol. The van der Waals surface area contributed by atoms with Crippen LogP contribution >= 0.6 is 11.3 Å². The lowest BCUT2D eigenvalue weighted by Gasteiger charge is -2.33. The molecule has 1 saturated heterocycles. The van der Waals surface area contributed by atoms with Crippen LogP contribution in [-0.2, 0) is 13.0 Å². The molecule has 8 heteroatoms. The van der Waals surface area contributed by atoms with Gasteiger partial charge in [-0.3, -0.25) is 4.99 Å². The third kappa shape index (κ3) is 5.90. The molecule has 3 rings (SSSR count). The van der Waals surface area contributed by atoms with Gasteiger partial charge in [0.05, 0.1) is 5.01 Å². The van der Waals surface area contributed by atoms with Crippen LogP contribution in [0.2, 0.25) is 0 Å². The molecule has 1 aliphatic heterocycles. The van der Waals surface area contributed by atoms with E-state index in [4.69, 9.17) is 0 Å². The van der Waals surface area contributed by atoms with Gasteiger partial charge in [0.25, 0.3) is 0 Å². The number of rotatable bonds is 6. The van der Waals surface area contributed by atoms with Gasteiger partial charge in [0.1, 0.15) is 5.82 Å². The van der Waals surface area contributed by atoms with E-state index >= 15 is 0 Å². The average molecular weight is 388 g/mol. The molecule has 0 unspecified atom stereocenters. The minimum Gasteiger partial charge on any atom is -0.356 e. The molecule has 1 fully saturated rings. The standard InChI is InChI=1S/C19H29N7S/c1-15-12-23-18(27-15)6-7-21-19(20-2)24-14-16-4-5-17(22-13-16)26-10-8-25(3)9-11-26/h4-5,12-13H,6-11,14H2,1-3H3,(H2,20,21,24). The molecule has 1 aliphatic rings. The zero-order chi connectivity index (χ0) is 19.1. The molecule has 3 heterocycles. The number of nitrogens with one attached hydrogen (secondary N) is 2. The fourth-order valence-corrected chi connectivity index (χ4v) is 3.74.